The summed E-state index contributed by atoms with van der Waals surface area (Å²) in [6.45, 7) is 5.27. The molecule has 8 nitrogen and oxygen atoms in total. The van der Waals surface area contributed by atoms with Gasteiger partial charge in [-0.25, -0.2) is 4.79 Å². The number of nitro groups is 1. The standard InChI is InChI=1S/C29H30N4O4/c1-20-26(24-12-8-14-30-18-24)28(23-11-7-13-25(17-23)33(35)36)27(21(2)31-20)29(34)37-16-15-32(3)19-22-9-5-4-6-10-22/h4-14,17-18,28,31H,15-16,19H2,1-3H3. The van der Waals surface area contributed by atoms with Crippen molar-refractivity contribution in [3.8, 4) is 0 Å². The van der Waals surface area contributed by atoms with E-state index >= 15 is 0 Å². The van der Waals surface area contributed by atoms with E-state index in [1.54, 1.807) is 24.5 Å². The fourth-order valence-electron chi connectivity index (χ4n) is 4.67. The summed E-state index contributed by atoms with van der Waals surface area (Å²) in [6, 6.07) is 20.2. The monoisotopic (exact) mass is 498 g/mol. The van der Waals surface area contributed by atoms with Crippen LogP contribution in [0.1, 0.15) is 36.5 Å². The van der Waals surface area contributed by atoms with Gasteiger partial charge in [-0.15, -0.1) is 0 Å². The number of dihydropyridines is 1. The van der Waals surface area contributed by atoms with Gasteiger partial charge in [-0.2, -0.15) is 0 Å². The molecular formula is C29H30N4O4. The first-order valence-corrected chi connectivity index (χ1v) is 12.1. The first-order valence-electron chi connectivity index (χ1n) is 12.1. The normalized spacial score (nSPS) is 15.5. The van der Waals surface area contributed by atoms with Crippen LogP contribution in [0.3, 0.4) is 0 Å². The number of aromatic nitrogens is 1. The number of nitro benzene ring substituents is 1. The lowest BCUT2D eigenvalue weighted by molar-refractivity contribution is -0.384. The Balaban J connectivity index is 1.61. The minimum absolute atomic E-state index is 0.0351. The number of non-ortho nitro benzene ring substituents is 1. The Hall–Kier alpha value is -4.30. The molecule has 2 aromatic carbocycles. The molecule has 0 saturated carbocycles. The molecule has 190 valence electrons. The van der Waals surface area contributed by atoms with Crippen LogP contribution in [-0.2, 0) is 16.1 Å². The highest BCUT2D eigenvalue weighted by molar-refractivity contribution is 5.97. The smallest absolute Gasteiger partial charge is 0.336 e. The topological polar surface area (TPSA) is 97.6 Å². The molecule has 1 unspecified atom stereocenters. The largest absolute Gasteiger partial charge is 0.461 e. The van der Waals surface area contributed by atoms with E-state index in [-0.39, 0.29) is 12.3 Å². The molecule has 0 bridgehead atoms. The quantitative estimate of drug-likeness (QED) is 0.250. The third-order valence-corrected chi connectivity index (χ3v) is 6.37. The predicted octanol–water partition coefficient (Wildman–Crippen LogP) is 5.06. The second-order valence-corrected chi connectivity index (χ2v) is 9.09. The van der Waals surface area contributed by atoms with Gasteiger partial charge in [0.2, 0.25) is 0 Å². The van der Waals surface area contributed by atoms with Crippen LogP contribution >= 0.6 is 0 Å². The first-order chi connectivity index (χ1) is 17.8. The summed E-state index contributed by atoms with van der Waals surface area (Å²) in [5.74, 6) is -1.01. The van der Waals surface area contributed by atoms with Gasteiger partial charge < -0.3 is 10.1 Å². The Morgan fingerprint density at radius 2 is 1.86 bits per heavy atom. The third kappa shape index (κ3) is 6.10. The molecule has 0 amide bonds. The summed E-state index contributed by atoms with van der Waals surface area (Å²) in [7, 11) is 1.98. The van der Waals surface area contributed by atoms with E-state index in [0.29, 0.717) is 23.4 Å². The van der Waals surface area contributed by atoms with Crippen molar-refractivity contribution in [1.29, 1.82) is 0 Å². The maximum atomic E-state index is 13.5. The van der Waals surface area contributed by atoms with Crippen LogP contribution in [0.4, 0.5) is 5.69 Å². The van der Waals surface area contributed by atoms with Gasteiger partial charge in [0, 0.05) is 54.9 Å². The summed E-state index contributed by atoms with van der Waals surface area (Å²) in [6.07, 6.45) is 3.41. The molecule has 1 N–H and O–H groups in total. The molecule has 0 radical (unpaired) electrons. The fourth-order valence-corrected chi connectivity index (χ4v) is 4.67. The van der Waals surface area contributed by atoms with Gasteiger partial charge in [0.15, 0.2) is 0 Å². The molecule has 1 aromatic heterocycles. The van der Waals surface area contributed by atoms with E-state index in [1.165, 1.54) is 17.7 Å². The molecule has 0 spiro atoms. The Morgan fingerprint density at radius 1 is 1.08 bits per heavy atom. The van der Waals surface area contributed by atoms with Crippen molar-refractivity contribution < 1.29 is 14.5 Å². The fraction of sp³-hybridized carbons (Fsp3) is 0.241. The number of benzene rings is 2. The third-order valence-electron chi connectivity index (χ3n) is 6.37. The van der Waals surface area contributed by atoms with Crippen LogP contribution in [0.2, 0.25) is 0 Å². The summed E-state index contributed by atoms with van der Waals surface area (Å²) in [4.78, 5) is 31.0. The molecule has 3 aromatic rings. The molecule has 4 rings (SSSR count). The average Bonchev–Trinajstić information content (AvgIpc) is 2.89. The van der Waals surface area contributed by atoms with Crippen LogP contribution in [0.15, 0.2) is 96.1 Å². The van der Waals surface area contributed by atoms with Crippen LogP contribution in [0.25, 0.3) is 5.57 Å². The van der Waals surface area contributed by atoms with Gasteiger partial charge in [-0.3, -0.25) is 20.0 Å². The van der Waals surface area contributed by atoms with Gasteiger partial charge in [-0.1, -0.05) is 48.5 Å². The van der Waals surface area contributed by atoms with E-state index in [0.717, 1.165) is 23.4 Å². The molecule has 0 saturated heterocycles. The van der Waals surface area contributed by atoms with Gasteiger partial charge >= 0.3 is 5.97 Å². The van der Waals surface area contributed by atoms with Crippen molar-refractivity contribution in [3.63, 3.8) is 0 Å². The number of rotatable bonds is 9. The van der Waals surface area contributed by atoms with E-state index in [9.17, 15) is 14.9 Å². The van der Waals surface area contributed by atoms with E-state index in [1.807, 2.05) is 51.2 Å². The number of likely N-dealkylation sites (N-methyl/N-ethyl adjacent to an activating group) is 1. The maximum Gasteiger partial charge on any atom is 0.336 e. The molecule has 1 atom stereocenters. The van der Waals surface area contributed by atoms with E-state index in [2.05, 4.69) is 27.3 Å². The zero-order valence-electron chi connectivity index (χ0n) is 21.2. The molecule has 0 aliphatic carbocycles. The van der Waals surface area contributed by atoms with Gasteiger partial charge in [0.1, 0.15) is 6.61 Å². The second kappa shape index (κ2) is 11.6. The van der Waals surface area contributed by atoms with Gasteiger partial charge in [0.05, 0.1) is 10.5 Å². The highest BCUT2D eigenvalue weighted by Crippen LogP contribution is 2.44. The zero-order valence-corrected chi connectivity index (χ0v) is 21.2. The van der Waals surface area contributed by atoms with Crippen molar-refractivity contribution >= 4 is 17.2 Å². The average molecular weight is 499 g/mol. The maximum absolute atomic E-state index is 13.5. The van der Waals surface area contributed by atoms with Crippen molar-refractivity contribution in [3.05, 3.63) is 123 Å². The predicted molar refractivity (Wildman–Crippen MR) is 142 cm³/mol. The molecule has 1 aliphatic rings. The Bertz CT molecular complexity index is 1340. The molecule has 8 heteroatoms. The Kier molecular flexibility index (Phi) is 8.10. The Labute approximate surface area is 216 Å². The summed E-state index contributed by atoms with van der Waals surface area (Å²) in [5, 5.41) is 14.8. The molecule has 1 aliphatic heterocycles. The van der Waals surface area contributed by atoms with Crippen LogP contribution in [-0.4, -0.2) is 41.0 Å². The van der Waals surface area contributed by atoms with Crippen molar-refractivity contribution in [2.75, 3.05) is 20.2 Å². The number of hydrogen-bond donors (Lipinski definition) is 1. The highest BCUT2D eigenvalue weighted by Gasteiger charge is 2.35. The number of carbonyl (C=O) groups is 1. The lowest BCUT2D eigenvalue weighted by Gasteiger charge is -2.32. The summed E-state index contributed by atoms with van der Waals surface area (Å²) < 4.78 is 5.76. The highest BCUT2D eigenvalue weighted by atomic mass is 16.6. The summed E-state index contributed by atoms with van der Waals surface area (Å²) in [5.41, 5.74) is 5.37. The van der Waals surface area contributed by atoms with Gasteiger partial charge in [-0.05, 0) is 49.2 Å². The van der Waals surface area contributed by atoms with Crippen LogP contribution in [0, 0.1) is 10.1 Å². The number of nitrogens with zero attached hydrogens (tertiary/aromatic N) is 3. The first kappa shape index (κ1) is 25.8. The van der Waals surface area contributed by atoms with Crippen molar-refractivity contribution in [2.24, 2.45) is 0 Å². The number of ether oxygens (including phenoxy) is 1. The van der Waals surface area contributed by atoms with Crippen LogP contribution in [0.5, 0.6) is 0 Å². The molecule has 37 heavy (non-hydrogen) atoms. The molecule has 0 fully saturated rings. The number of hydrogen-bond acceptors (Lipinski definition) is 7. The zero-order chi connectivity index (χ0) is 26.4. The van der Waals surface area contributed by atoms with Crippen molar-refractivity contribution in [2.45, 2.75) is 26.3 Å². The van der Waals surface area contributed by atoms with E-state index in [4.69, 9.17) is 4.74 Å². The van der Waals surface area contributed by atoms with Crippen molar-refractivity contribution in [1.82, 2.24) is 15.2 Å². The van der Waals surface area contributed by atoms with E-state index < -0.39 is 16.8 Å². The lowest BCUT2D eigenvalue weighted by atomic mass is 9.78. The summed E-state index contributed by atoms with van der Waals surface area (Å²) >= 11 is 0. The van der Waals surface area contributed by atoms with Crippen LogP contribution < -0.4 is 5.32 Å². The minimum Gasteiger partial charge on any atom is -0.461 e. The molecule has 2 heterocycles. The number of allylic oxidation sites excluding steroid dienone is 3. The number of esters is 1. The molecular weight excluding hydrogens is 468 g/mol. The number of carbonyl (C=O) groups excluding carboxylic acids is 1. The Morgan fingerprint density at radius 3 is 2.57 bits per heavy atom. The SMILES string of the molecule is CC1=C(C(=O)OCCN(C)Cc2ccccc2)C(c2cccc([N+](=O)[O-])c2)C(c2cccnc2)=C(C)N1. The van der Waals surface area contributed by atoms with Gasteiger partial charge in [0.25, 0.3) is 5.69 Å². The second-order valence-electron chi connectivity index (χ2n) is 9.09. The number of pyridine rings is 1. The lowest BCUT2D eigenvalue weighted by Crippen LogP contribution is -2.30. The number of nitrogens with one attached hydrogen (secondary N) is 1. The minimum atomic E-state index is -0.556.